The largest absolute Gasteiger partial charge is 0.352 e. The Hall–Kier alpha value is -2.07. The van der Waals surface area contributed by atoms with E-state index < -0.39 is 0 Å². The molecule has 0 saturated carbocycles. The molecular formula is C20H27N3O. The summed E-state index contributed by atoms with van der Waals surface area (Å²) in [5, 5.41) is 3.03. The van der Waals surface area contributed by atoms with E-state index in [1.807, 2.05) is 53.4 Å². The Morgan fingerprint density at radius 1 is 0.958 bits per heavy atom. The highest BCUT2D eigenvalue weighted by atomic mass is 16.1. The number of carbonyl (C=O) groups excluding carboxylic acids is 1. The molecule has 0 aliphatic carbocycles. The van der Waals surface area contributed by atoms with Gasteiger partial charge in [0.05, 0.1) is 0 Å². The van der Waals surface area contributed by atoms with E-state index in [2.05, 4.69) is 10.2 Å². The zero-order valence-corrected chi connectivity index (χ0v) is 14.3. The first-order valence-corrected chi connectivity index (χ1v) is 9.07. The van der Waals surface area contributed by atoms with Gasteiger partial charge in [-0.1, -0.05) is 6.42 Å². The van der Waals surface area contributed by atoms with Crippen LogP contribution in [-0.2, 0) is 0 Å². The molecule has 0 radical (unpaired) electrons. The molecular weight excluding hydrogens is 298 g/mol. The first-order chi connectivity index (χ1) is 11.8. The maximum atomic E-state index is 12.2. The van der Waals surface area contributed by atoms with Crippen LogP contribution < -0.4 is 5.32 Å². The molecule has 128 valence electrons. The minimum atomic E-state index is 0.0204. The fraction of sp³-hybridized carbons (Fsp3) is 0.450. The van der Waals surface area contributed by atoms with Gasteiger partial charge in [-0.2, -0.15) is 0 Å². The second-order valence-electron chi connectivity index (χ2n) is 6.50. The Morgan fingerprint density at radius 2 is 1.67 bits per heavy atom. The van der Waals surface area contributed by atoms with Gasteiger partial charge in [-0.05, 0) is 81.7 Å². The van der Waals surface area contributed by atoms with Crippen molar-refractivity contribution in [3.05, 3.63) is 54.4 Å². The molecule has 4 heteroatoms. The van der Waals surface area contributed by atoms with Crippen molar-refractivity contribution in [3.8, 4) is 5.69 Å². The summed E-state index contributed by atoms with van der Waals surface area (Å²) in [6.45, 7) is 4.42. The highest BCUT2D eigenvalue weighted by Crippen LogP contribution is 2.11. The molecule has 4 nitrogen and oxygen atoms in total. The van der Waals surface area contributed by atoms with Crippen LogP contribution in [0.25, 0.3) is 5.69 Å². The number of hydrogen-bond donors (Lipinski definition) is 1. The topological polar surface area (TPSA) is 37.3 Å². The Labute approximate surface area is 144 Å². The lowest BCUT2D eigenvalue weighted by Crippen LogP contribution is -2.31. The molecule has 1 fully saturated rings. The number of rotatable bonds is 7. The second-order valence-corrected chi connectivity index (χ2v) is 6.50. The first-order valence-electron chi connectivity index (χ1n) is 9.07. The molecule has 24 heavy (non-hydrogen) atoms. The van der Waals surface area contributed by atoms with Crippen LogP contribution in [0, 0.1) is 0 Å². The van der Waals surface area contributed by atoms with Gasteiger partial charge in [0.2, 0.25) is 0 Å². The molecule has 2 aromatic rings. The van der Waals surface area contributed by atoms with Crippen molar-refractivity contribution in [2.75, 3.05) is 26.2 Å². The lowest BCUT2D eigenvalue weighted by atomic mass is 10.1. The van der Waals surface area contributed by atoms with Crippen LogP contribution in [0.4, 0.5) is 0 Å². The van der Waals surface area contributed by atoms with Crippen LogP contribution in [-0.4, -0.2) is 41.6 Å². The van der Waals surface area contributed by atoms with E-state index in [4.69, 9.17) is 0 Å². The van der Waals surface area contributed by atoms with Gasteiger partial charge >= 0.3 is 0 Å². The number of aromatic nitrogens is 1. The monoisotopic (exact) mass is 325 g/mol. The summed E-state index contributed by atoms with van der Waals surface area (Å²) in [6.07, 6.45) is 10.3. The highest BCUT2D eigenvalue weighted by molar-refractivity contribution is 5.94. The van der Waals surface area contributed by atoms with Crippen molar-refractivity contribution in [1.29, 1.82) is 0 Å². The Balaban J connectivity index is 1.37. The molecule has 0 atom stereocenters. The predicted molar refractivity (Wildman–Crippen MR) is 97.6 cm³/mol. The van der Waals surface area contributed by atoms with Crippen LogP contribution in [0.3, 0.4) is 0 Å². The summed E-state index contributed by atoms with van der Waals surface area (Å²) in [5.74, 6) is 0.0204. The van der Waals surface area contributed by atoms with Gasteiger partial charge in [-0.3, -0.25) is 4.79 Å². The Morgan fingerprint density at radius 3 is 2.38 bits per heavy atom. The van der Waals surface area contributed by atoms with Crippen molar-refractivity contribution in [3.63, 3.8) is 0 Å². The normalized spacial score (nSPS) is 15.3. The third kappa shape index (κ3) is 4.71. The number of nitrogens with zero attached hydrogens (tertiary/aromatic N) is 2. The van der Waals surface area contributed by atoms with E-state index in [1.165, 1.54) is 38.9 Å². The van der Waals surface area contributed by atoms with Gasteiger partial charge < -0.3 is 14.8 Å². The molecule has 1 N–H and O–H groups in total. The Bertz CT molecular complexity index is 613. The van der Waals surface area contributed by atoms with Gasteiger partial charge in [0.1, 0.15) is 0 Å². The predicted octanol–water partition coefficient (Wildman–Crippen LogP) is 3.47. The third-order valence-electron chi connectivity index (χ3n) is 4.67. The van der Waals surface area contributed by atoms with Gasteiger partial charge in [0.15, 0.2) is 0 Å². The van der Waals surface area contributed by atoms with E-state index in [0.717, 1.165) is 30.6 Å². The Kier molecular flexibility index (Phi) is 6.07. The number of likely N-dealkylation sites (tertiary alicyclic amines) is 1. The first kappa shape index (κ1) is 16.8. The lowest BCUT2D eigenvalue weighted by Gasteiger charge is -2.26. The van der Waals surface area contributed by atoms with Crippen molar-refractivity contribution in [2.45, 2.75) is 32.1 Å². The number of hydrogen-bond acceptors (Lipinski definition) is 2. The van der Waals surface area contributed by atoms with Gasteiger partial charge in [-0.15, -0.1) is 0 Å². The standard InChI is InChI=1S/C20H27N3O/c24-20(21-12-2-5-15-22-13-3-1-4-14-22)18-8-10-19(11-9-18)23-16-6-7-17-23/h6-11,16-17H,1-5,12-15H2,(H,21,24). The van der Waals surface area contributed by atoms with Crippen molar-refractivity contribution >= 4 is 5.91 Å². The molecule has 1 amide bonds. The van der Waals surface area contributed by atoms with E-state index in [0.29, 0.717) is 0 Å². The molecule has 1 aromatic heterocycles. The van der Waals surface area contributed by atoms with Crippen LogP contribution in [0.1, 0.15) is 42.5 Å². The summed E-state index contributed by atoms with van der Waals surface area (Å²) in [6, 6.07) is 11.7. The van der Waals surface area contributed by atoms with Crippen LogP contribution in [0.5, 0.6) is 0 Å². The average molecular weight is 325 g/mol. The highest BCUT2D eigenvalue weighted by Gasteiger charge is 2.09. The fourth-order valence-electron chi connectivity index (χ4n) is 3.24. The molecule has 0 bridgehead atoms. The fourth-order valence-corrected chi connectivity index (χ4v) is 3.24. The van der Waals surface area contributed by atoms with Crippen LogP contribution in [0.2, 0.25) is 0 Å². The number of piperidine rings is 1. The zero-order valence-electron chi connectivity index (χ0n) is 14.3. The minimum Gasteiger partial charge on any atom is -0.352 e. The summed E-state index contributed by atoms with van der Waals surface area (Å²) < 4.78 is 2.03. The maximum absolute atomic E-state index is 12.2. The molecule has 1 aliphatic rings. The van der Waals surface area contributed by atoms with Crippen molar-refractivity contribution in [1.82, 2.24) is 14.8 Å². The van der Waals surface area contributed by atoms with Crippen molar-refractivity contribution in [2.24, 2.45) is 0 Å². The molecule has 1 saturated heterocycles. The molecule has 1 aliphatic heterocycles. The number of benzene rings is 1. The molecule has 2 heterocycles. The summed E-state index contributed by atoms with van der Waals surface area (Å²) in [7, 11) is 0. The zero-order chi connectivity index (χ0) is 16.6. The third-order valence-corrected chi connectivity index (χ3v) is 4.67. The molecule has 3 rings (SSSR count). The van der Waals surface area contributed by atoms with Gasteiger partial charge in [-0.25, -0.2) is 0 Å². The quantitative estimate of drug-likeness (QED) is 0.792. The number of unbranched alkanes of at least 4 members (excludes halogenated alkanes) is 1. The van der Waals surface area contributed by atoms with E-state index >= 15 is 0 Å². The lowest BCUT2D eigenvalue weighted by molar-refractivity contribution is 0.0952. The number of nitrogens with one attached hydrogen (secondary N) is 1. The number of carbonyl (C=O) groups is 1. The molecule has 0 spiro atoms. The molecule has 0 unspecified atom stereocenters. The average Bonchev–Trinajstić information content (AvgIpc) is 3.17. The van der Waals surface area contributed by atoms with Crippen LogP contribution in [0.15, 0.2) is 48.8 Å². The molecule has 1 aromatic carbocycles. The summed E-state index contributed by atoms with van der Waals surface area (Å²) >= 11 is 0. The van der Waals surface area contributed by atoms with Crippen LogP contribution >= 0.6 is 0 Å². The van der Waals surface area contributed by atoms with Crippen molar-refractivity contribution < 1.29 is 4.79 Å². The van der Waals surface area contributed by atoms with E-state index in [-0.39, 0.29) is 5.91 Å². The minimum absolute atomic E-state index is 0.0204. The van der Waals surface area contributed by atoms with Gasteiger partial charge in [0, 0.05) is 30.2 Å². The number of amides is 1. The van der Waals surface area contributed by atoms with E-state index in [1.54, 1.807) is 0 Å². The SMILES string of the molecule is O=C(NCCCCN1CCCCC1)c1ccc(-n2cccc2)cc1. The van der Waals surface area contributed by atoms with Gasteiger partial charge in [0.25, 0.3) is 5.91 Å². The second kappa shape index (κ2) is 8.69. The summed E-state index contributed by atoms with van der Waals surface area (Å²) in [5.41, 5.74) is 1.79. The summed E-state index contributed by atoms with van der Waals surface area (Å²) in [4.78, 5) is 14.7. The maximum Gasteiger partial charge on any atom is 0.251 e. The van der Waals surface area contributed by atoms with E-state index in [9.17, 15) is 4.79 Å². The smallest absolute Gasteiger partial charge is 0.251 e.